The van der Waals surface area contributed by atoms with Crippen LogP contribution in [0.1, 0.15) is 16.5 Å². The van der Waals surface area contributed by atoms with E-state index in [2.05, 4.69) is 10.4 Å². The Bertz CT molecular complexity index is 982. The van der Waals surface area contributed by atoms with Crippen LogP contribution in [-0.4, -0.2) is 28.3 Å². The highest BCUT2D eigenvalue weighted by molar-refractivity contribution is 8.00. The van der Waals surface area contributed by atoms with E-state index in [1.165, 1.54) is 22.8 Å². The minimum absolute atomic E-state index is 0.0385. The number of hydrazone groups is 1. The average Bonchev–Trinajstić information content (AvgIpc) is 3.10. The maximum Gasteiger partial charge on any atom is 0.276 e. The molecule has 2 aromatic carbocycles. The van der Waals surface area contributed by atoms with Crippen LogP contribution >= 0.6 is 35.0 Å². The van der Waals surface area contributed by atoms with Crippen molar-refractivity contribution in [3.05, 3.63) is 63.4 Å². The number of hydrogen-bond donors (Lipinski definition) is 1. The molecule has 1 fully saturated rings. The van der Waals surface area contributed by atoms with Crippen molar-refractivity contribution in [1.82, 2.24) is 5.01 Å². The predicted octanol–water partition coefficient (Wildman–Crippen LogP) is 4.06. The minimum atomic E-state index is -0.667. The summed E-state index contributed by atoms with van der Waals surface area (Å²) in [5, 5.41) is 7.98. The number of rotatable bonds is 2. The molecule has 1 N–H and O–H groups in total. The molecule has 2 aromatic rings. The quantitative estimate of drug-likeness (QED) is 0.812. The lowest BCUT2D eigenvalue weighted by atomic mass is 10.1. The summed E-state index contributed by atoms with van der Waals surface area (Å²) in [5.41, 5.74) is 1.30. The van der Waals surface area contributed by atoms with E-state index in [1.807, 2.05) is 6.07 Å². The molecule has 26 heavy (non-hydrogen) atoms. The molecular formula is C17H10Cl2FN3O2S. The Labute approximate surface area is 162 Å². The molecule has 2 heterocycles. The van der Waals surface area contributed by atoms with Gasteiger partial charge in [-0.1, -0.05) is 41.4 Å². The Morgan fingerprint density at radius 3 is 2.73 bits per heavy atom. The van der Waals surface area contributed by atoms with Crippen molar-refractivity contribution >= 4 is 58.2 Å². The number of nitrogens with one attached hydrogen (secondary N) is 1. The molecule has 0 saturated carbocycles. The first-order valence-corrected chi connectivity index (χ1v) is 9.33. The summed E-state index contributed by atoms with van der Waals surface area (Å²) < 4.78 is 13.8. The molecule has 1 saturated heterocycles. The van der Waals surface area contributed by atoms with Gasteiger partial charge < -0.3 is 5.32 Å². The van der Waals surface area contributed by atoms with Gasteiger partial charge in [0.1, 0.15) is 11.2 Å². The summed E-state index contributed by atoms with van der Waals surface area (Å²) in [4.78, 5) is 24.6. The van der Waals surface area contributed by atoms with Crippen LogP contribution in [0.15, 0.2) is 41.5 Å². The third-order valence-corrected chi connectivity index (χ3v) is 5.82. The fraction of sp³-hybridized carbons (Fsp3) is 0.118. The van der Waals surface area contributed by atoms with E-state index >= 15 is 0 Å². The SMILES string of the molecule is O=C1Nc2cc(Cl)c(F)cc2C1=NN1C(=O)CSC1c1ccccc1Cl. The lowest BCUT2D eigenvalue weighted by Crippen LogP contribution is -2.27. The number of amides is 2. The summed E-state index contributed by atoms with van der Waals surface area (Å²) in [5.74, 6) is -1.25. The van der Waals surface area contributed by atoms with Gasteiger partial charge in [0, 0.05) is 16.1 Å². The van der Waals surface area contributed by atoms with Gasteiger partial charge >= 0.3 is 0 Å². The third-order valence-electron chi connectivity index (χ3n) is 4.00. The molecule has 2 aliphatic heterocycles. The van der Waals surface area contributed by atoms with Gasteiger partial charge in [-0.25, -0.2) is 9.40 Å². The summed E-state index contributed by atoms with van der Waals surface area (Å²) in [6.07, 6.45) is 0. The van der Waals surface area contributed by atoms with Crippen molar-refractivity contribution in [1.29, 1.82) is 0 Å². The zero-order chi connectivity index (χ0) is 18.4. The highest BCUT2D eigenvalue weighted by Gasteiger charge is 2.37. The first-order chi connectivity index (χ1) is 12.5. The van der Waals surface area contributed by atoms with Crippen molar-refractivity contribution < 1.29 is 14.0 Å². The molecule has 2 amide bonds. The van der Waals surface area contributed by atoms with Gasteiger partial charge in [0.05, 0.1) is 16.5 Å². The number of thioether (sulfide) groups is 1. The highest BCUT2D eigenvalue weighted by Crippen LogP contribution is 2.42. The lowest BCUT2D eigenvalue weighted by Gasteiger charge is -2.20. The van der Waals surface area contributed by atoms with Crippen LogP contribution in [0.25, 0.3) is 0 Å². The van der Waals surface area contributed by atoms with Gasteiger partial charge in [0.15, 0.2) is 5.71 Å². The standard InChI is InChI=1S/C17H10Cl2FN3O2S/c18-10-4-2-1-3-8(10)17-23(14(24)7-26-17)22-15-9-5-12(20)11(19)6-13(9)21-16(15)25/h1-6,17H,7H2,(H,21,22,25). The van der Waals surface area contributed by atoms with Crippen molar-refractivity contribution in [3.63, 3.8) is 0 Å². The molecule has 132 valence electrons. The van der Waals surface area contributed by atoms with Gasteiger partial charge in [-0.05, 0) is 18.2 Å². The molecule has 2 aliphatic rings. The summed E-state index contributed by atoms with van der Waals surface area (Å²) in [6.45, 7) is 0. The minimum Gasteiger partial charge on any atom is -0.320 e. The first kappa shape index (κ1) is 17.3. The zero-order valence-electron chi connectivity index (χ0n) is 13.0. The molecule has 0 radical (unpaired) electrons. The highest BCUT2D eigenvalue weighted by atomic mass is 35.5. The largest absolute Gasteiger partial charge is 0.320 e. The fourth-order valence-corrected chi connectivity index (χ4v) is 4.37. The number of hydrogen-bond acceptors (Lipinski definition) is 4. The van der Waals surface area contributed by atoms with Crippen LogP contribution < -0.4 is 5.32 Å². The lowest BCUT2D eigenvalue weighted by molar-refractivity contribution is -0.128. The predicted molar refractivity (Wildman–Crippen MR) is 100 cm³/mol. The molecule has 0 aromatic heterocycles. The summed E-state index contributed by atoms with van der Waals surface area (Å²) >= 11 is 13.3. The van der Waals surface area contributed by atoms with Crippen LogP contribution in [0, 0.1) is 5.82 Å². The van der Waals surface area contributed by atoms with E-state index in [9.17, 15) is 14.0 Å². The Hall–Kier alpha value is -2.09. The number of benzene rings is 2. The number of halogens is 3. The molecule has 1 unspecified atom stereocenters. The Balaban J connectivity index is 1.78. The second kappa shape index (κ2) is 6.57. The molecule has 0 bridgehead atoms. The van der Waals surface area contributed by atoms with E-state index in [-0.39, 0.29) is 28.0 Å². The maximum atomic E-state index is 13.8. The van der Waals surface area contributed by atoms with Gasteiger partial charge in [0.25, 0.3) is 11.8 Å². The van der Waals surface area contributed by atoms with Gasteiger partial charge in [0.2, 0.25) is 0 Å². The number of carbonyl (C=O) groups excluding carboxylic acids is 2. The van der Waals surface area contributed by atoms with Crippen LogP contribution in [0.5, 0.6) is 0 Å². The van der Waals surface area contributed by atoms with Crippen molar-refractivity contribution in [2.24, 2.45) is 5.10 Å². The van der Waals surface area contributed by atoms with E-state index in [0.29, 0.717) is 10.7 Å². The molecule has 5 nitrogen and oxygen atoms in total. The molecule has 0 aliphatic carbocycles. The van der Waals surface area contributed by atoms with E-state index in [1.54, 1.807) is 18.2 Å². The molecule has 4 rings (SSSR count). The van der Waals surface area contributed by atoms with E-state index < -0.39 is 17.1 Å². The van der Waals surface area contributed by atoms with Crippen molar-refractivity contribution in [3.8, 4) is 0 Å². The normalized spacial score (nSPS) is 20.7. The van der Waals surface area contributed by atoms with E-state index in [4.69, 9.17) is 23.2 Å². The number of carbonyl (C=O) groups is 2. The van der Waals surface area contributed by atoms with Gasteiger partial charge in [-0.2, -0.15) is 5.10 Å². The molecule has 9 heteroatoms. The Morgan fingerprint density at radius 1 is 1.19 bits per heavy atom. The van der Waals surface area contributed by atoms with Crippen LogP contribution in [0.2, 0.25) is 10.0 Å². The Kier molecular flexibility index (Phi) is 4.38. The summed E-state index contributed by atoms with van der Waals surface area (Å²) in [6, 6.07) is 9.57. The zero-order valence-corrected chi connectivity index (χ0v) is 15.3. The topological polar surface area (TPSA) is 61.8 Å². The number of fused-ring (bicyclic) bond motifs is 1. The van der Waals surface area contributed by atoms with Crippen molar-refractivity contribution in [2.45, 2.75) is 5.37 Å². The Morgan fingerprint density at radius 2 is 1.96 bits per heavy atom. The number of nitrogens with zero attached hydrogens (tertiary/aromatic N) is 2. The van der Waals surface area contributed by atoms with E-state index in [0.717, 1.165) is 11.6 Å². The van der Waals surface area contributed by atoms with Crippen LogP contribution in [0.4, 0.5) is 10.1 Å². The average molecular weight is 410 g/mol. The van der Waals surface area contributed by atoms with Crippen LogP contribution in [-0.2, 0) is 9.59 Å². The first-order valence-electron chi connectivity index (χ1n) is 7.53. The maximum absolute atomic E-state index is 13.8. The van der Waals surface area contributed by atoms with Gasteiger partial charge in [-0.3, -0.25) is 9.59 Å². The molecular weight excluding hydrogens is 400 g/mol. The smallest absolute Gasteiger partial charge is 0.276 e. The summed E-state index contributed by atoms with van der Waals surface area (Å²) in [7, 11) is 0. The molecule has 0 spiro atoms. The fourth-order valence-electron chi connectivity index (χ4n) is 2.78. The monoisotopic (exact) mass is 409 g/mol. The van der Waals surface area contributed by atoms with Gasteiger partial charge in [-0.15, -0.1) is 11.8 Å². The van der Waals surface area contributed by atoms with Crippen molar-refractivity contribution in [2.75, 3.05) is 11.1 Å². The molecule has 1 atom stereocenters. The second-order valence-electron chi connectivity index (χ2n) is 5.64. The second-order valence-corrected chi connectivity index (χ2v) is 7.52. The van der Waals surface area contributed by atoms with Crippen LogP contribution in [0.3, 0.4) is 0 Å². The third kappa shape index (κ3) is 2.86. The number of anilines is 1.